The fourth-order valence-corrected chi connectivity index (χ4v) is 2.99. The number of carbonyl (C=O) groups excluding carboxylic acids is 1. The van der Waals surface area contributed by atoms with Gasteiger partial charge in [-0.3, -0.25) is 4.79 Å². The molecule has 0 aliphatic heterocycles. The number of halogens is 1. The molecule has 0 radical (unpaired) electrons. The summed E-state index contributed by atoms with van der Waals surface area (Å²) in [4.78, 5) is 22.2. The smallest absolute Gasteiger partial charge is 0.243 e. The van der Waals surface area contributed by atoms with Crippen molar-refractivity contribution >= 4 is 35.8 Å². The molecule has 1 aromatic heterocycles. The molecule has 1 heterocycles. The number of likely N-dealkylation sites (N-methyl/N-ethyl adjacent to an activating group) is 1. The number of aromatic nitrogens is 1. The predicted octanol–water partition coefficient (Wildman–Crippen LogP) is 3.29. The van der Waals surface area contributed by atoms with Crippen molar-refractivity contribution in [1.82, 2.24) is 20.5 Å². The Hall–Kier alpha value is -1.32. The second-order valence-electron chi connectivity index (χ2n) is 8.56. The molecule has 0 atom stereocenters. The van der Waals surface area contributed by atoms with Gasteiger partial charge in [0, 0.05) is 26.1 Å². The van der Waals surface area contributed by atoms with Crippen LogP contribution in [0.3, 0.4) is 0 Å². The van der Waals surface area contributed by atoms with E-state index in [2.05, 4.69) is 41.4 Å². The van der Waals surface area contributed by atoms with E-state index in [4.69, 9.17) is 4.42 Å². The predicted molar refractivity (Wildman–Crippen MR) is 123 cm³/mol. The molecule has 1 fully saturated rings. The van der Waals surface area contributed by atoms with Crippen LogP contribution in [0.15, 0.2) is 15.6 Å². The molecule has 0 saturated heterocycles. The van der Waals surface area contributed by atoms with Gasteiger partial charge in [-0.25, -0.2) is 9.98 Å². The highest BCUT2D eigenvalue weighted by atomic mass is 127. The first-order valence-electron chi connectivity index (χ1n) is 9.93. The maximum Gasteiger partial charge on any atom is 0.243 e. The molecule has 1 aliphatic carbocycles. The van der Waals surface area contributed by atoms with Crippen LogP contribution >= 0.6 is 24.0 Å². The van der Waals surface area contributed by atoms with Crippen LogP contribution in [0.4, 0.5) is 0 Å². The molecule has 28 heavy (non-hydrogen) atoms. The Kier molecular flexibility index (Phi) is 10.3. The van der Waals surface area contributed by atoms with Gasteiger partial charge in [-0.05, 0) is 18.8 Å². The van der Waals surface area contributed by atoms with Crippen molar-refractivity contribution < 1.29 is 9.21 Å². The molecular weight excluding hydrogens is 469 g/mol. The maximum atomic E-state index is 11.9. The van der Waals surface area contributed by atoms with E-state index in [-0.39, 0.29) is 41.8 Å². The second kappa shape index (κ2) is 11.6. The van der Waals surface area contributed by atoms with Crippen LogP contribution in [-0.2, 0) is 16.8 Å². The number of nitrogens with zero attached hydrogens (tertiary/aromatic N) is 3. The summed E-state index contributed by atoms with van der Waals surface area (Å²) in [7, 11) is 3.47. The Labute approximate surface area is 186 Å². The Morgan fingerprint density at radius 2 is 1.93 bits per heavy atom. The van der Waals surface area contributed by atoms with Gasteiger partial charge in [-0.1, -0.05) is 40.0 Å². The molecule has 160 valence electrons. The van der Waals surface area contributed by atoms with Gasteiger partial charge in [0.05, 0.1) is 12.7 Å². The van der Waals surface area contributed by atoms with Crippen LogP contribution in [0.25, 0.3) is 0 Å². The van der Waals surface area contributed by atoms with Crippen molar-refractivity contribution in [2.45, 2.75) is 64.8 Å². The Balaban J connectivity index is 0.00000392. The molecule has 1 aliphatic rings. The third-order valence-corrected chi connectivity index (χ3v) is 4.85. The lowest BCUT2D eigenvalue weighted by atomic mass is 9.89. The van der Waals surface area contributed by atoms with Crippen molar-refractivity contribution in [2.24, 2.45) is 10.9 Å². The molecule has 1 saturated carbocycles. The van der Waals surface area contributed by atoms with E-state index in [1.165, 1.54) is 32.1 Å². The monoisotopic (exact) mass is 505 g/mol. The molecule has 0 aromatic carbocycles. The summed E-state index contributed by atoms with van der Waals surface area (Å²) in [6.45, 7) is 7.71. The molecule has 2 rings (SSSR count). The Morgan fingerprint density at radius 1 is 1.25 bits per heavy atom. The standard InChI is InChI=1S/C20H35N5O2.HI/c1-20(2,3)16-12-21-17(27-16)13-23-19(24-14-18(26)25(4)5)22-11-15-9-7-6-8-10-15;/h12,15H,6-11,13-14H2,1-5H3,(H2,22,23,24);1H. The fourth-order valence-electron chi connectivity index (χ4n) is 2.99. The highest BCUT2D eigenvalue weighted by Crippen LogP contribution is 2.23. The quantitative estimate of drug-likeness (QED) is 0.352. The normalized spacial score (nSPS) is 15.7. The van der Waals surface area contributed by atoms with Crippen LogP contribution in [0, 0.1) is 5.92 Å². The summed E-state index contributed by atoms with van der Waals surface area (Å²) >= 11 is 0. The third kappa shape index (κ3) is 8.36. The zero-order valence-electron chi connectivity index (χ0n) is 17.9. The van der Waals surface area contributed by atoms with E-state index < -0.39 is 0 Å². The van der Waals surface area contributed by atoms with E-state index >= 15 is 0 Å². The van der Waals surface area contributed by atoms with Gasteiger partial charge < -0.3 is 20.0 Å². The number of nitrogens with one attached hydrogen (secondary N) is 2. The Bertz CT molecular complexity index is 631. The first-order valence-corrected chi connectivity index (χ1v) is 9.93. The van der Waals surface area contributed by atoms with Gasteiger partial charge in [0.15, 0.2) is 5.96 Å². The molecule has 2 N–H and O–H groups in total. The highest BCUT2D eigenvalue weighted by molar-refractivity contribution is 14.0. The Morgan fingerprint density at radius 3 is 2.50 bits per heavy atom. The van der Waals surface area contributed by atoms with Crippen molar-refractivity contribution in [3.05, 3.63) is 17.8 Å². The fraction of sp³-hybridized carbons (Fsp3) is 0.750. The van der Waals surface area contributed by atoms with Crippen LogP contribution < -0.4 is 10.6 Å². The molecule has 1 aromatic rings. The number of amides is 1. The van der Waals surface area contributed by atoms with Crippen LogP contribution in [0.5, 0.6) is 0 Å². The third-order valence-electron chi connectivity index (χ3n) is 4.85. The van der Waals surface area contributed by atoms with Crippen molar-refractivity contribution in [3.8, 4) is 0 Å². The molecule has 0 unspecified atom stereocenters. The first-order chi connectivity index (χ1) is 12.8. The van der Waals surface area contributed by atoms with Gasteiger partial charge >= 0.3 is 0 Å². The molecule has 8 heteroatoms. The summed E-state index contributed by atoms with van der Waals surface area (Å²) in [6.07, 6.45) is 8.23. The maximum absolute atomic E-state index is 11.9. The highest BCUT2D eigenvalue weighted by Gasteiger charge is 2.19. The summed E-state index contributed by atoms with van der Waals surface area (Å²) < 4.78 is 5.83. The van der Waals surface area contributed by atoms with Crippen molar-refractivity contribution in [3.63, 3.8) is 0 Å². The zero-order chi connectivity index (χ0) is 19.9. The number of carbonyl (C=O) groups is 1. The number of hydrogen-bond donors (Lipinski definition) is 2. The van der Waals surface area contributed by atoms with Crippen LogP contribution in [0.1, 0.15) is 64.5 Å². The van der Waals surface area contributed by atoms with Gasteiger partial charge in [0.2, 0.25) is 11.8 Å². The van der Waals surface area contributed by atoms with Crippen molar-refractivity contribution in [2.75, 3.05) is 27.2 Å². The minimum atomic E-state index is -0.0699. The van der Waals surface area contributed by atoms with Gasteiger partial charge in [-0.15, -0.1) is 24.0 Å². The molecule has 7 nitrogen and oxygen atoms in total. The second-order valence-corrected chi connectivity index (χ2v) is 8.56. The van der Waals surface area contributed by atoms with Gasteiger partial charge in [-0.2, -0.15) is 0 Å². The minimum absolute atomic E-state index is 0. The molecule has 0 bridgehead atoms. The van der Waals surface area contributed by atoms with E-state index in [9.17, 15) is 4.79 Å². The lowest BCUT2D eigenvalue weighted by Gasteiger charge is -2.23. The molecule has 0 spiro atoms. The largest absolute Gasteiger partial charge is 0.443 e. The van der Waals surface area contributed by atoms with Crippen LogP contribution in [-0.4, -0.2) is 48.9 Å². The summed E-state index contributed by atoms with van der Waals surface area (Å²) in [5.41, 5.74) is -0.0699. The SMILES string of the molecule is CN(C)C(=O)CN=C(NCc1ncc(C(C)(C)C)o1)NCC1CCCCC1.I. The van der Waals surface area contributed by atoms with Gasteiger partial charge in [0.25, 0.3) is 0 Å². The minimum Gasteiger partial charge on any atom is -0.443 e. The van der Waals surface area contributed by atoms with Gasteiger partial charge in [0.1, 0.15) is 12.3 Å². The summed E-state index contributed by atoms with van der Waals surface area (Å²) in [5.74, 6) is 2.75. The van der Waals surface area contributed by atoms with Crippen LogP contribution in [0.2, 0.25) is 0 Å². The van der Waals surface area contributed by atoms with E-state index in [1.54, 1.807) is 25.2 Å². The van der Waals surface area contributed by atoms with E-state index in [0.29, 0.717) is 24.3 Å². The lowest BCUT2D eigenvalue weighted by Crippen LogP contribution is -2.40. The van der Waals surface area contributed by atoms with E-state index in [0.717, 1.165) is 12.3 Å². The number of oxazole rings is 1. The average molecular weight is 505 g/mol. The summed E-state index contributed by atoms with van der Waals surface area (Å²) in [6, 6.07) is 0. The van der Waals surface area contributed by atoms with E-state index in [1.807, 2.05) is 0 Å². The number of guanidine groups is 1. The molecular formula is C20H36IN5O2. The number of hydrogen-bond acceptors (Lipinski definition) is 4. The molecule has 1 amide bonds. The first kappa shape index (κ1) is 24.7. The lowest BCUT2D eigenvalue weighted by molar-refractivity contribution is -0.127. The zero-order valence-corrected chi connectivity index (χ0v) is 20.2. The average Bonchev–Trinajstić information content (AvgIpc) is 3.11. The number of rotatable bonds is 6. The summed E-state index contributed by atoms with van der Waals surface area (Å²) in [5, 5.41) is 6.64. The van der Waals surface area contributed by atoms with Crippen molar-refractivity contribution in [1.29, 1.82) is 0 Å². The number of aliphatic imine (C=N–C) groups is 1. The topological polar surface area (TPSA) is 82.8 Å².